The Morgan fingerprint density at radius 3 is 3.00 bits per heavy atom. The molecule has 70 valence electrons. The van der Waals surface area contributed by atoms with Crippen molar-refractivity contribution in [1.82, 2.24) is 5.32 Å². The predicted molar refractivity (Wildman–Crippen MR) is 51.7 cm³/mol. The monoisotopic (exact) mass is 189 g/mol. The Kier molecular flexibility index (Phi) is 4.06. The van der Waals surface area contributed by atoms with E-state index in [0.29, 0.717) is 5.92 Å². The Morgan fingerprint density at radius 2 is 2.42 bits per heavy atom. The van der Waals surface area contributed by atoms with Crippen LogP contribution in [0.1, 0.15) is 12.8 Å². The van der Waals surface area contributed by atoms with Crippen LogP contribution >= 0.6 is 12.4 Å². The van der Waals surface area contributed by atoms with E-state index in [2.05, 4.69) is 11.4 Å². The lowest BCUT2D eigenvalue weighted by Gasteiger charge is -2.00. The van der Waals surface area contributed by atoms with Gasteiger partial charge in [0.25, 0.3) is 0 Å². The van der Waals surface area contributed by atoms with Gasteiger partial charge in [-0.15, -0.1) is 12.4 Å². The van der Waals surface area contributed by atoms with Gasteiger partial charge in [-0.05, 0) is 19.4 Å². The summed E-state index contributed by atoms with van der Waals surface area (Å²) in [6.45, 7) is 4.18. The number of hydrogen-bond acceptors (Lipinski definition) is 2. The SMILES string of the molecule is C(=C1\CCNC1)/C1CCOC1.Cl. The quantitative estimate of drug-likeness (QED) is 0.630. The number of halogens is 1. The van der Waals surface area contributed by atoms with Gasteiger partial charge in [0.2, 0.25) is 0 Å². The molecule has 0 aromatic carbocycles. The number of nitrogens with one attached hydrogen (secondary N) is 1. The van der Waals surface area contributed by atoms with Crippen LogP contribution < -0.4 is 5.32 Å². The standard InChI is InChI=1S/C9H15NO.ClH/c1-3-10-6-8(1)5-9-2-4-11-7-9;/h5,9-10H,1-4,6-7H2;1H/b8-5-;. The fraction of sp³-hybridized carbons (Fsp3) is 0.778. The minimum absolute atomic E-state index is 0. The molecule has 2 aliphatic heterocycles. The maximum absolute atomic E-state index is 5.30. The van der Waals surface area contributed by atoms with Gasteiger partial charge in [-0.1, -0.05) is 11.6 Å². The maximum atomic E-state index is 5.30. The lowest BCUT2D eigenvalue weighted by molar-refractivity contribution is 0.191. The van der Waals surface area contributed by atoms with Crippen molar-refractivity contribution < 1.29 is 4.74 Å². The van der Waals surface area contributed by atoms with Crippen LogP contribution in [0.25, 0.3) is 0 Å². The van der Waals surface area contributed by atoms with Gasteiger partial charge in [-0.2, -0.15) is 0 Å². The first-order valence-corrected chi connectivity index (χ1v) is 4.43. The van der Waals surface area contributed by atoms with Gasteiger partial charge in [0.15, 0.2) is 0 Å². The molecule has 2 rings (SSSR count). The van der Waals surface area contributed by atoms with Crippen molar-refractivity contribution in [2.75, 3.05) is 26.3 Å². The molecular formula is C9H16ClNO. The van der Waals surface area contributed by atoms with Crippen LogP contribution in [0.5, 0.6) is 0 Å². The Labute approximate surface area is 79.8 Å². The molecule has 1 unspecified atom stereocenters. The van der Waals surface area contributed by atoms with Crippen LogP contribution in [-0.2, 0) is 4.74 Å². The summed E-state index contributed by atoms with van der Waals surface area (Å²) in [5.41, 5.74) is 1.58. The lowest BCUT2D eigenvalue weighted by Crippen LogP contribution is -2.05. The molecule has 0 spiro atoms. The third-order valence-corrected chi connectivity index (χ3v) is 2.41. The van der Waals surface area contributed by atoms with Gasteiger partial charge in [0, 0.05) is 19.1 Å². The normalized spacial score (nSPS) is 32.3. The van der Waals surface area contributed by atoms with Crippen LogP contribution in [0.2, 0.25) is 0 Å². The van der Waals surface area contributed by atoms with Gasteiger partial charge in [0.05, 0.1) is 6.61 Å². The predicted octanol–water partition coefficient (Wildman–Crippen LogP) is 1.36. The molecule has 0 saturated carbocycles. The van der Waals surface area contributed by atoms with Crippen molar-refractivity contribution in [3.05, 3.63) is 11.6 Å². The minimum Gasteiger partial charge on any atom is -0.381 e. The van der Waals surface area contributed by atoms with Crippen LogP contribution in [0.3, 0.4) is 0 Å². The zero-order valence-electron chi connectivity index (χ0n) is 7.21. The molecule has 2 fully saturated rings. The average molecular weight is 190 g/mol. The lowest BCUT2D eigenvalue weighted by atomic mass is 10.0. The van der Waals surface area contributed by atoms with E-state index in [1.54, 1.807) is 5.57 Å². The average Bonchev–Trinajstić information content (AvgIpc) is 2.60. The number of ether oxygens (including phenoxy) is 1. The molecule has 1 atom stereocenters. The molecule has 3 heteroatoms. The molecule has 0 aliphatic carbocycles. The minimum atomic E-state index is 0. The second kappa shape index (κ2) is 4.85. The summed E-state index contributed by atoms with van der Waals surface area (Å²) >= 11 is 0. The van der Waals surface area contributed by atoms with Crippen molar-refractivity contribution in [2.24, 2.45) is 5.92 Å². The van der Waals surface area contributed by atoms with Crippen molar-refractivity contribution in [1.29, 1.82) is 0 Å². The second-order valence-electron chi connectivity index (χ2n) is 3.38. The summed E-state index contributed by atoms with van der Waals surface area (Å²) in [4.78, 5) is 0. The third kappa shape index (κ3) is 2.47. The summed E-state index contributed by atoms with van der Waals surface area (Å²) in [5, 5.41) is 3.34. The fourth-order valence-electron chi connectivity index (χ4n) is 1.75. The van der Waals surface area contributed by atoms with Crippen LogP contribution in [0, 0.1) is 5.92 Å². The molecule has 0 aromatic heterocycles. The van der Waals surface area contributed by atoms with Gasteiger partial charge in [-0.25, -0.2) is 0 Å². The maximum Gasteiger partial charge on any atom is 0.0529 e. The van der Waals surface area contributed by atoms with Crippen LogP contribution in [-0.4, -0.2) is 26.3 Å². The molecule has 2 heterocycles. The summed E-state index contributed by atoms with van der Waals surface area (Å²) in [6.07, 6.45) is 4.88. The number of rotatable bonds is 1. The molecule has 2 aliphatic rings. The highest BCUT2D eigenvalue weighted by Crippen LogP contribution is 2.17. The molecule has 2 saturated heterocycles. The third-order valence-electron chi connectivity index (χ3n) is 2.41. The molecule has 0 aromatic rings. The van der Waals surface area contributed by atoms with E-state index < -0.39 is 0 Å². The van der Waals surface area contributed by atoms with Crippen molar-refractivity contribution >= 4 is 12.4 Å². The largest absolute Gasteiger partial charge is 0.381 e. The Bertz CT molecular complexity index is 156. The molecule has 2 nitrogen and oxygen atoms in total. The van der Waals surface area contributed by atoms with E-state index in [0.717, 1.165) is 19.8 Å². The first kappa shape index (κ1) is 10.0. The van der Waals surface area contributed by atoms with Crippen LogP contribution in [0.4, 0.5) is 0 Å². The molecule has 0 bridgehead atoms. The topological polar surface area (TPSA) is 21.3 Å². The second-order valence-corrected chi connectivity index (χ2v) is 3.38. The zero-order valence-corrected chi connectivity index (χ0v) is 8.03. The summed E-state index contributed by atoms with van der Waals surface area (Å²) < 4.78 is 5.30. The van der Waals surface area contributed by atoms with Gasteiger partial charge in [0.1, 0.15) is 0 Å². The van der Waals surface area contributed by atoms with Gasteiger partial charge >= 0.3 is 0 Å². The van der Waals surface area contributed by atoms with E-state index in [9.17, 15) is 0 Å². The van der Waals surface area contributed by atoms with Crippen LogP contribution in [0.15, 0.2) is 11.6 Å². The van der Waals surface area contributed by atoms with Crippen molar-refractivity contribution in [3.8, 4) is 0 Å². The Hall–Kier alpha value is -0.0500. The van der Waals surface area contributed by atoms with E-state index in [4.69, 9.17) is 4.74 Å². The number of hydrogen-bond donors (Lipinski definition) is 1. The highest BCUT2D eigenvalue weighted by molar-refractivity contribution is 5.85. The first-order valence-electron chi connectivity index (χ1n) is 4.43. The molecule has 0 radical (unpaired) electrons. The first-order chi connectivity index (χ1) is 5.45. The highest BCUT2D eigenvalue weighted by atomic mass is 35.5. The summed E-state index contributed by atoms with van der Waals surface area (Å²) in [5.74, 6) is 0.713. The van der Waals surface area contributed by atoms with E-state index in [1.807, 2.05) is 0 Å². The van der Waals surface area contributed by atoms with Crippen molar-refractivity contribution in [2.45, 2.75) is 12.8 Å². The highest BCUT2D eigenvalue weighted by Gasteiger charge is 2.15. The van der Waals surface area contributed by atoms with E-state index >= 15 is 0 Å². The molecular weight excluding hydrogens is 174 g/mol. The Balaban J connectivity index is 0.000000720. The molecule has 1 N–H and O–H groups in total. The van der Waals surface area contributed by atoms with Crippen molar-refractivity contribution in [3.63, 3.8) is 0 Å². The van der Waals surface area contributed by atoms with E-state index in [1.165, 1.54) is 19.4 Å². The molecule has 0 amide bonds. The smallest absolute Gasteiger partial charge is 0.0529 e. The zero-order chi connectivity index (χ0) is 7.52. The molecule has 12 heavy (non-hydrogen) atoms. The fourth-order valence-corrected chi connectivity index (χ4v) is 1.75. The summed E-state index contributed by atoms with van der Waals surface area (Å²) in [7, 11) is 0. The van der Waals surface area contributed by atoms with E-state index in [-0.39, 0.29) is 12.4 Å². The van der Waals surface area contributed by atoms with Gasteiger partial charge < -0.3 is 10.1 Å². The van der Waals surface area contributed by atoms with Gasteiger partial charge in [-0.3, -0.25) is 0 Å². The summed E-state index contributed by atoms with van der Waals surface area (Å²) in [6, 6.07) is 0. The Morgan fingerprint density at radius 1 is 1.50 bits per heavy atom.